The lowest BCUT2D eigenvalue weighted by Crippen LogP contribution is -2.53. The van der Waals surface area contributed by atoms with Crippen LogP contribution in [0.15, 0.2) is 15.9 Å². The first-order chi connectivity index (χ1) is 9.64. The van der Waals surface area contributed by atoms with Crippen molar-refractivity contribution >= 4 is 33.2 Å². The molecule has 1 amide bonds. The molecule has 4 heteroatoms. The fourth-order valence-corrected chi connectivity index (χ4v) is 6.62. The standard InChI is InChI=1S/C16H20BrNOS/c17-13-1-2-20-14(13)9-18-15(19)16-6-10-3-11(7-16)5-12(4-10)8-16/h1-2,10-12H,3-9H2,(H,18,19). The molecular weight excluding hydrogens is 334 g/mol. The highest BCUT2D eigenvalue weighted by molar-refractivity contribution is 9.10. The molecule has 4 aliphatic carbocycles. The minimum absolute atomic E-state index is 0.0154. The van der Waals surface area contributed by atoms with Crippen molar-refractivity contribution in [2.75, 3.05) is 0 Å². The highest BCUT2D eigenvalue weighted by Gasteiger charge is 2.54. The molecule has 0 unspecified atom stereocenters. The largest absolute Gasteiger partial charge is 0.351 e. The second-order valence-electron chi connectivity index (χ2n) is 7.07. The van der Waals surface area contributed by atoms with Gasteiger partial charge in [-0.25, -0.2) is 0 Å². The van der Waals surface area contributed by atoms with Crippen LogP contribution in [-0.4, -0.2) is 5.91 Å². The summed E-state index contributed by atoms with van der Waals surface area (Å²) in [7, 11) is 0. The van der Waals surface area contributed by atoms with Crippen LogP contribution in [0.3, 0.4) is 0 Å². The summed E-state index contributed by atoms with van der Waals surface area (Å²) in [5.41, 5.74) is -0.0154. The monoisotopic (exact) mass is 353 g/mol. The molecule has 108 valence electrons. The smallest absolute Gasteiger partial charge is 0.226 e. The van der Waals surface area contributed by atoms with Crippen molar-refractivity contribution in [3.05, 3.63) is 20.8 Å². The zero-order valence-corrected chi connectivity index (χ0v) is 13.9. The van der Waals surface area contributed by atoms with Crippen molar-refractivity contribution in [2.24, 2.45) is 23.2 Å². The van der Waals surface area contributed by atoms with Crippen molar-refractivity contribution in [3.8, 4) is 0 Å². The molecule has 20 heavy (non-hydrogen) atoms. The predicted molar refractivity (Wildman–Crippen MR) is 84.5 cm³/mol. The van der Waals surface area contributed by atoms with Crippen molar-refractivity contribution in [3.63, 3.8) is 0 Å². The van der Waals surface area contributed by atoms with Gasteiger partial charge in [0.1, 0.15) is 0 Å². The normalized spacial score (nSPS) is 38.1. The molecule has 0 radical (unpaired) electrons. The second kappa shape index (κ2) is 4.84. The van der Waals surface area contributed by atoms with E-state index in [1.807, 2.05) is 0 Å². The Balaban J connectivity index is 1.47. The van der Waals surface area contributed by atoms with Crippen LogP contribution in [0.4, 0.5) is 0 Å². The van der Waals surface area contributed by atoms with Crippen LogP contribution >= 0.6 is 27.3 Å². The maximum absolute atomic E-state index is 12.8. The van der Waals surface area contributed by atoms with E-state index < -0.39 is 0 Å². The molecule has 1 N–H and O–H groups in total. The first-order valence-corrected chi connectivity index (χ1v) is 9.32. The summed E-state index contributed by atoms with van der Waals surface area (Å²) < 4.78 is 1.12. The Morgan fingerprint density at radius 1 is 1.25 bits per heavy atom. The van der Waals surface area contributed by atoms with Gasteiger partial charge in [0.2, 0.25) is 5.91 Å². The second-order valence-corrected chi connectivity index (χ2v) is 8.93. The topological polar surface area (TPSA) is 29.1 Å². The highest BCUT2D eigenvalue weighted by Crippen LogP contribution is 2.60. The summed E-state index contributed by atoms with van der Waals surface area (Å²) in [5, 5.41) is 5.29. The van der Waals surface area contributed by atoms with Gasteiger partial charge in [-0.15, -0.1) is 11.3 Å². The van der Waals surface area contributed by atoms with Gasteiger partial charge in [-0.1, -0.05) is 0 Å². The average Bonchev–Trinajstić information content (AvgIpc) is 2.80. The third kappa shape index (κ3) is 2.16. The Hall–Kier alpha value is -0.350. The van der Waals surface area contributed by atoms with Crippen molar-refractivity contribution in [2.45, 2.75) is 45.1 Å². The van der Waals surface area contributed by atoms with Crippen LogP contribution in [0.5, 0.6) is 0 Å². The zero-order valence-electron chi connectivity index (χ0n) is 11.5. The number of rotatable bonds is 3. The van der Waals surface area contributed by atoms with Crippen LogP contribution in [0.1, 0.15) is 43.4 Å². The molecular formula is C16H20BrNOS. The number of carbonyl (C=O) groups excluding carboxylic acids is 1. The maximum atomic E-state index is 12.8. The molecule has 0 spiro atoms. The number of thiophene rings is 1. The van der Waals surface area contributed by atoms with E-state index in [1.165, 1.54) is 24.1 Å². The first kappa shape index (κ1) is 13.3. The lowest BCUT2D eigenvalue weighted by atomic mass is 9.49. The van der Waals surface area contributed by atoms with Gasteiger partial charge in [0.05, 0.1) is 6.54 Å². The van der Waals surface area contributed by atoms with Crippen LogP contribution < -0.4 is 5.32 Å². The third-order valence-corrected chi connectivity index (χ3v) is 7.55. The molecule has 5 rings (SSSR count). The van der Waals surface area contributed by atoms with E-state index in [4.69, 9.17) is 0 Å². The summed E-state index contributed by atoms with van der Waals surface area (Å²) >= 11 is 5.25. The van der Waals surface area contributed by atoms with Gasteiger partial charge >= 0.3 is 0 Å². The summed E-state index contributed by atoms with van der Waals surface area (Å²) in [6, 6.07) is 2.05. The number of nitrogens with one attached hydrogen (secondary N) is 1. The van der Waals surface area contributed by atoms with E-state index in [2.05, 4.69) is 32.7 Å². The van der Waals surface area contributed by atoms with Gasteiger partial charge < -0.3 is 5.32 Å². The van der Waals surface area contributed by atoms with Gasteiger partial charge in [0, 0.05) is 14.8 Å². The van der Waals surface area contributed by atoms with E-state index in [0.717, 1.165) is 41.5 Å². The third-order valence-electron chi connectivity index (χ3n) is 5.62. The summed E-state index contributed by atoms with van der Waals surface area (Å²) in [5.74, 6) is 2.83. The van der Waals surface area contributed by atoms with Gasteiger partial charge in [-0.3, -0.25) is 4.79 Å². The first-order valence-electron chi connectivity index (χ1n) is 7.65. The minimum atomic E-state index is -0.0154. The molecule has 4 aliphatic rings. The Labute approximate surface area is 132 Å². The van der Waals surface area contributed by atoms with Crippen molar-refractivity contribution in [1.82, 2.24) is 5.32 Å². The van der Waals surface area contributed by atoms with Crippen LogP contribution in [0, 0.1) is 23.2 Å². The fraction of sp³-hybridized carbons (Fsp3) is 0.688. The SMILES string of the molecule is O=C(NCc1sccc1Br)C12CC3CC(CC(C3)C1)C2. The molecule has 2 nitrogen and oxygen atoms in total. The molecule has 0 saturated heterocycles. The van der Waals surface area contributed by atoms with Crippen molar-refractivity contribution in [1.29, 1.82) is 0 Å². The van der Waals surface area contributed by atoms with Gasteiger partial charge in [0.15, 0.2) is 0 Å². The number of amides is 1. The Morgan fingerprint density at radius 3 is 2.35 bits per heavy atom. The van der Waals surface area contributed by atoms with E-state index in [0.29, 0.717) is 12.5 Å². The van der Waals surface area contributed by atoms with Crippen LogP contribution in [0.25, 0.3) is 0 Å². The van der Waals surface area contributed by atoms with Gasteiger partial charge in [0.25, 0.3) is 0 Å². The number of halogens is 1. The van der Waals surface area contributed by atoms with E-state index in [1.54, 1.807) is 11.3 Å². The minimum Gasteiger partial charge on any atom is -0.351 e. The van der Waals surface area contributed by atoms with Crippen LogP contribution in [0.2, 0.25) is 0 Å². The Kier molecular flexibility index (Phi) is 3.22. The summed E-state index contributed by atoms with van der Waals surface area (Å²) in [6.07, 6.45) is 7.62. The van der Waals surface area contributed by atoms with Crippen LogP contribution in [-0.2, 0) is 11.3 Å². The lowest BCUT2D eigenvalue weighted by molar-refractivity contribution is -0.146. The molecule has 0 aliphatic heterocycles. The molecule has 0 atom stereocenters. The summed E-state index contributed by atoms with van der Waals surface area (Å²) in [6.45, 7) is 0.679. The number of hydrogen-bond acceptors (Lipinski definition) is 2. The predicted octanol–water partition coefficient (Wildman–Crippen LogP) is 4.34. The van der Waals surface area contributed by atoms with E-state index in [9.17, 15) is 4.79 Å². The molecule has 0 aromatic carbocycles. The Bertz CT molecular complexity index is 503. The summed E-state index contributed by atoms with van der Waals surface area (Å²) in [4.78, 5) is 14.0. The maximum Gasteiger partial charge on any atom is 0.226 e. The quantitative estimate of drug-likeness (QED) is 0.859. The molecule has 4 fully saturated rings. The molecule has 1 aromatic heterocycles. The van der Waals surface area contributed by atoms with E-state index >= 15 is 0 Å². The van der Waals surface area contributed by atoms with Crippen molar-refractivity contribution < 1.29 is 4.79 Å². The number of hydrogen-bond donors (Lipinski definition) is 1. The number of carbonyl (C=O) groups is 1. The fourth-order valence-electron chi connectivity index (χ4n) is 5.19. The van der Waals surface area contributed by atoms with Gasteiger partial charge in [-0.05, 0) is 83.7 Å². The lowest BCUT2D eigenvalue weighted by Gasteiger charge is -2.55. The van der Waals surface area contributed by atoms with Gasteiger partial charge in [-0.2, -0.15) is 0 Å². The van der Waals surface area contributed by atoms with E-state index in [-0.39, 0.29) is 5.41 Å². The highest BCUT2D eigenvalue weighted by atomic mass is 79.9. The molecule has 4 saturated carbocycles. The Morgan fingerprint density at radius 2 is 1.85 bits per heavy atom. The zero-order chi connectivity index (χ0) is 13.7. The average molecular weight is 354 g/mol. The molecule has 1 heterocycles. The molecule has 1 aromatic rings. The molecule has 4 bridgehead atoms.